The summed E-state index contributed by atoms with van der Waals surface area (Å²) in [6, 6.07) is 18.6. The maximum atomic E-state index is 13.9. The van der Waals surface area contributed by atoms with E-state index < -0.39 is 28.5 Å². The molecule has 0 heterocycles. The topological polar surface area (TPSA) is 86.8 Å². The summed E-state index contributed by atoms with van der Waals surface area (Å²) >= 11 is 12.4. The van der Waals surface area contributed by atoms with E-state index in [-0.39, 0.29) is 23.4 Å². The number of carbonyl (C=O) groups excluding carboxylic acids is 2. The van der Waals surface area contributed by atoms with Gasteiger partial charge in [0.2, 0.25) is 11.8 Å². The van der Waals surface area contributed by atoms with Crippen molar-refractivity contribution >= 4 is 50.7 Å². The van der Waals surface area contributed by atoms with E-state index in [1.165, 1.54) is 29.2 Å². The first kappa shape index (κ1) is 29.5. The number of carbonyl (C=O) groups is 2. The molecule has 10 heteroatoms. The van der Waals surface area contributed by atoms with Gasteiger partial charge in [0.25, 0.3) is 10.0 Å². The number of aryl methyl sites for hydroxylation is 1. The van der Waals surface area contributed by atoms with Gasteiger partial charge in [0.05, 0.1) is 10.6 Å². The fourth-order valence-electron chi connectivity index (χ4n) is 3.89. The molecule has 1 N–H and O–H groups in total. The number of anilines is 1. The average molecular weight is 577 g/mol. The summed E-state index contributed by atoms with van der Waals surface area (Å²) in [6.45, 7) is 6.52. The van der Waals surface area contributed by atoms with Crippen molar-refractivity contribution in [2.24, 2.45) is 0 Å². The number of nitrogens with one attached hydrogen (secondary N) is 1. The Morgan fingerprint density at radius 1 is 0.895 bits per heavy atom. The van der Waals surface area contributed by atoms with Gasteiger partial charge in [-0.1, -0.05) is 59.6 Å². The first-order chi connectivity index (χ1) is 17.9. The Morgan fingerprint density at radius 2 is 1.50 bits per heavy atom. The Morgan fingerprint density at radius 3 is 2.11 bits per heavy atom. The molecule has 0 saturated carbocycles. The maximum Gasteiger partial charge on any atom is 0.264 e. The summed E-state index contributed by atoms with van der Waals surface area (Å²) in [6.07, 6.45) is 0. The summed E-state index contributed by atoms with van der Waals surface area (Å²) in [7, 11) is -4.17. The van der Waals surface area contributed by atoms with Gasteiger partial charge in [0.1, 0.15) is 12.6 Å². The van der Waals surface area contributed by atoms with Crippen LogP contribution in [-0.4, -0.2) is 43.8 Å². The van der Waals surface area contributed by atoms with Crippen LogP contribution < -0.4 is 9.62 Å². The molecule has 3 rings (SSSR count). The third kappa shape index (κ3) is 7.07. The molecule has 0 fully saturated rings. The van der Waals surface area contributed by atoms with Crippen LogP contribution in [0.4, 0.5) is 5.69 Å². The van der Waals surface area contributed by atoms with Gasteiger partial charge in [0.15, 0.2) is 0 Å². The molecule has 1 atom stereocenters. The van der Waals surface area contributed by atoms with Gasteiger partial charge in [-0.2, -0.15) is 0 Å². The van der Waals surface area contributed by atoms with Crippen LogP contribution in [0.15, 0.2) is 77.7 Å². The number of nitrogens with zero attached hydrogens (tertiary/aromatic N) is 2. The largest absolute Gasteiger partial charge is 0.352 e. The zero-order chi connectivity index (χ0) is 28.0. The Hall–Kier alpha value is -3.07. The molecule has 3 aromatic rings. The summed E-state index contributed by atoms with van der Waals surface area (Å²) in [5.74, 6) is -0.916. The highest BCUT2D eigenvalue weighted by Crippen LogP contribution is 2.28. The van der Waals surface area contributed by atoms with Crippen molar-refractivity contribution in [2.45, 2.75) is 51.2 Å². The predicted molar refractivity (Wildman–Crippen MR) is 152 cm³/mol. The van der Waals surface area contributed by atoms with Crippen LogP contribution in [0.25, 0.3) is 0 Å². The van der Waals surface area contributed by atoms with E-state index in [0.29, 0.717) is 26.9 Å². The average Bonchev–Trinajstić information content (AvgIpc) is 2.86. The number of amides is 2. The standard InChI is InChI=1S/C28H31Cl2N3O4S/c1-19(2)31-28(35)21(4)32(17-22-10-6-7-11-25(22)30)27(34)18-33(26-12-8-5-9-20(26)3)38(36,37)24-15-13-23(29)14-16-24/h5-16,19,21H,17-18H2,1-4H3,(H,31,35)/t21-/m1/s1. The zero-order valence-electron chi connectivity index (χ0n) is 21.7. The normalized spacial score (nSPS) is 12.2. The first-order valence-electron chi connectivity index (χ1n) is 12.1. The second-order valence-electron chi connectivity index (χ2n) is 9.20. The van der Waals surface area contributed by atoms with Crippen LogP contribution in [0.1, 0.15) is 31.9 Å². The summed E-state index contributed by atoms with van der Waals surface area (Å²) in [5.41, 5.74) is 1.66. The Kier molecular flexibility index (Phi) is 9.82. The molecule has 0 unspecified atom stereocenters. The van der Waals surface area contributed by atoms with Crippen molar-refractivity contribution in [2.75, 3.05) is 10.8 Å². The minimum absolute atomic E-state index is 0.0128. The van der Waals surface area contributed by atoms with Gasteiger partial charge in [-0.25, -0.2) is 8.42 Å². The van der Waals surface area contributed by atoms with Gasteiger partial charge >= 0.3 is 0 Å². The summed E-state index contributed by atoms with van der Waals surface area (Å²) < 4.78 is 28.7. The molecule has 0 aliphatic heterocycles. The van der Waals surface area contributed by atoms with E-state index in [4.69, 9.17) is 23.2 Å². The molecule has 202 valence electrons. The minimum Gasteiger partial charge on any atom is -0.352 e. The lowest BCUT2D eigenvalue weighted by atomic mass is 10.1. The van der Waals surface area contributed by atoms with Crippen LogP contribution in [0.3, 0.4) is 0 Å². The van der Waals surface area contributed by atoms with Crippen LogP contribution in [0.2, 0.25) is 10.0 Å². The number of para-hydroxylation sites is 1. The van der Waals surface area contributed by atoms with E-state index in [2.05, 4.69) is 5.32 Å². The molecule has 0 aromatic heterocycles. The number of hydrogen-bond donors (Lipinski definition) is 1. The van der Waals surface area contributed by atoms with E-state index in [1.54, 1.807) is 62.4 Å². The lowest BCUT2D eigenvalue weighted by molar-refractivity contribution is -0.139. The monoisotopic (exact) mass is 575 g/mol. The molecule has 38 heavy (non-hydrogen) atoms. The van der Waals surface area contributed by atoms with Crippen molar-refractivity contribution in [3.63, 3.8) is 0 Å². The predicted octanol–water partition coefficient (Wildman–Crippen LogP) is 5.44. The molecule has 0 saturated heterocycles. The van der Waals surface area contributed by atoms with Crippen molar-refractivity contribution < 1.29 is 18.0 Å². The lowest BCUT2D eigenvalue weighted by Gasteiger charge is -2.33. The summed E-state index contributed by atoms with van der Waals surface area (Å²) in [5, 5.41) is 3.65. The second kappa shape index (κ2) is 12.7. The highest BCUT2D eigenvalue weighted by molar-refractivity contribution is 7.92. The lowest BCUT2D eigenvalue weighted by Crippen LogP contribution is -2.52. The fraction of sp³-hybridized carbons (Fsp3) is 0.286. The third-order valence-electron chi connectivity index (χ3n) is 5.96. The van der Waals surface area contributed by atoms with Gasteiger partial charge < -0.3 is 10.2 Å². The van der Waals surface area contributed by atoms with Crippen LogP contribution in [0, 0.1) is 6.92 Å². The van der Waals surface area contributed by atoms with Crippen molar-refractivity contribution in [1.29, 1.82) is 0 Å². The molecule has 0 radical (unpaired) electrons. The quantitative estimate of drug-likeness (QED) is 0.348. The van der Waals surface area contributed by atoms with Gasteiger partial charge in [-0.15, -0.1) is 0 Å². The van der Waals surface area contributed by atoms with Crippen LogP contribution in [-0.2, 0) is 26.2 Å². The molecule has 7 nitrogen and oxygen atoms in total. The van der Waals surface area contributed by atoms with Gasteiger partial charge in [0, 0.05) is 22.6 Å². The highest BCUT2D eigenvalue weighted by atomic mass is 35.5. The van der Waals surface area contributed by atoms with E-state index in [9.17, 15) is 18.0 Å². The van der Waals surface area contributed by atoms with E-state index in [1.807, 2.05) is 13.8 Å². The smallest absolute Gasteiger partial charge is 0.264 e. The van der Waals surface area contributed by atoms with Gasteiger partial charge in [-0.3, -0.25) is 13.9 Å². The van der Waals surface area contributed by atoms with E-state index in [0.717, 1.165) is 4.31 Å². The number of rotatable bonds is 10. The van der Waals surface area contributed by atoms with Crippen LogP contribution in [0.5, 0.6) is 0 Å². The summed E-state index contributed by atoms with van der Waals surface area (Å²) in [4.78, 5) is 28.2. The second-order valence-corrected chi connectivity index (χ2v) is 11.9. The third-order valence-corrected chi connectivity index (χ3v) is 8.36. The SMILES string of the molecule is Cc1ccccc1N(CC(=O)N(Cc1ccccc1Cl)[C@H](C)C(=O)NC(C)C)S(=O)(=O)c1ccc(Cl)cc1. The Balaban J connectivity index is 2.06. The fourth-order valence-corrected chi connectivity index (χ4v) is 5.69. The highest BCUT2D eigenvalue weighted by Gasteiger charge is 2.33. The van der Waals surface area contributed by atoms with E-state index >= 15 is 0 Å². The molecular weight excluding hydrogens is 545 g/mol. The van der Waals surface area contributed by atoms with Crippen molar-refractivity contribution in [3.8, 4) is 0 Å². The zero-order valence-corrected chi connectivity index (χ0v) is 24.0. The van der Waals surface area contributed by atoms with Crippen molar-refractivity contribution in [1.82, 2.24) is 10.2 Å². The number of hydrogen-bond acceptors (Lipinski definition) is 4. The van der Waals surface area contributed by atoms with Crippen LogP contribution >= 0.6 is 23.2 Å². The molecule has 0 bridgehead atoms. The molecular formula is C28H31Cl2N3O4S. The molecule has 3 aromatic carbocycles. The Bertz CT molecular complexity index is 1400. The minimum atomic E-state index is -4.17. The molecule has 0 aliphatic carbocycles. The number of halogens is 2. The number of sulfonamides is 1. The van der Waals surface area contributed by atoms with Crippen molar-refractivity contribution in [3.05, 3.63) is 94.0 Å². The first-order valence-corrected chi connectivity index (χ1v) is 14.3. The van der Waals surface area contributed by atoms with Gasteiger partial charge in [-0.05, 0) is 75.2 Å². The molecule has 2 amide bonds. The Labute approximate surface area is 234 Å². The number of benzene rings is 3. The molecule has 0 spiro atoms. The molecule has 0 aliphatic rings. The maximum absolute atomic E-state index is 13.9.